The molecule has 0 radical (unpaired) electrons. The van der Waals surface area contributed by atoms with Crippen LogP contribution in [0.25, 0.3) is 11.5 Å². The number of methoxy groups -OCH3 is 1. The second-order valence-electron chi connectivity index (χ2n) is 6.71. The quantitative estimate of drug-likeness (QED) is 0.310. The number of ether oxygens (including phenoxy) is 1. The maximum atomic E-state index is 12.6. The lowest BCUT2D eigenvalue weighted by Gasteiger charge is -2.06. The number of benzene rings is 3. The normalized spacial score (nSPS) is 10.5. The lowest BCUT2D eigenvalue weighted by molar-refractivity contribution is -0.113. The van der Waals surface area contributed by atoms with Crippen LogP contribution in [-0.4, -0.2) is 34.8 Å². The summed E-state index contributed by atoms with van der Waals surface area (Å²) in [6, 6.07) is 23.1. The van der Waals surface area contributed by atoms with Crippen molar-refractivity contribution in [3.63, 3.8) is 0 Å². The van der Waals surface area contributed by atoms with E-state index < -0.39 is 0 Å². The summed E-state index contributed by atoms with van der Waals surface area (Å²) in [6.45, 7) is 0. The van der Waals surface area contributed by atoms with E-state index >= 15 is 0 Å². The highest BCUT2D eigenvalue weighted by Gasteiger charge is 2.13. The lowest BCUT2D eigenvalue weighted by atomic mass is 10.0. The van der Waals surface area contributed by atoms with Crippen molar-refractivity contribution < 1.29 is 18.7 Å². The molecule has 7 nitrogen and oxygen atoms in total. The van der Waals surface area contributed by atoms with Gasteiger partial charge in [0.25, 0.3) is 5.22 Å². The molecule has 1 amide bonds. The van der Waals surface area contributed by atoms with E-state index in [0.29, 0.717) is 27.9 Å². The third-order valence-corrected chi connectivity index (χ3v) is 5.33. The van der Waals surface area contributed by atoms with E-state index in [0.717, 1.165) is 23.1 Å². The van der Waals surface area contributed by atoms with Crippen molar-refractivity contribution in [2.24, 2.45) is 0 Å². The molecule has 4 aromatic rings. The van der Waals surface area contributed by atoms with Gasteiger partial charge in [-0.2, -0.15) is 0 Å². The number of hydrogen-bond acceptors (Lipinski definition) is 7. The number of ketones is 1. The van der Waals surface area contributed by atoms with Gasteiger partial charge in [-0.1, -0.05) is 54.2 Å². The molecule has 4 rings (SSSR count). The maximum Gasteiger partial charge on any atom is 0.277 e. The van der Waals surface area contributed by atoms with Gasteiger partial charge in [0.05, 0.1) is 12.9 Å². The number of nitrogens with zero attached hydrogens (tertiary/aromatic N) is 2. The minimum atomic E-state index is -0.247. The summed E-state index contributed by atoms with van der Waals surface area (Å²) in [6.07, 6.45) is 0. The van der Waals surface area contributed by atoms with Gasteiger partial charge in [0, 0.05) is 22.4 Å². The highest BCUT2D eigenvalue weighted by Crippen LogP contribution is 2.25. The Morgan fingerprint density at radius 1 is 0.938 bits per heavy atom. The summed E-state index contributed by atoms with van der Waals surface area (Å²) in [5.41, 5.74) is 2.40. The van der Waals surface area contributed by atoms with Gasteiger partial charge in [-0.3, -0.25) is 9.59 Å². The molecule has 0 bridgehead atoms. The van der Waals surface area contributed by atoms with Gasteiger partial charge in [0.1, 0.15) is 5.75 Å². The standard InChI is InChI=1S/C24H19N3O4S/c1-30-20-12-10-17(11-13-20)23-26-27-24(31-23)32-15-21(28)25-19-9-5-8-18(14-19)22(29)16-6-3-2-4-7-16/h2-14H,15H2,1H3,(H,25,28). The maximum absolute atomic E-state index is 12.6. The minimum Gasteiger partial charge on any atom is -0.497 e. The number of rotatable bonds is 8. The summed E-state index contributed by atoms with van der Waals surface area (Å²) in [4.78, 5) is 25.0. The van der Waals surface area contributed by atoms with Crippen LogP contribution in [0.5, 0.6) is 5.75 Å². The molecular formula is C24H19N3O4S. The largest absolute Gasteiger partial charge is 0.497 e. The summed E-state index contributed by atoms with van der Waals surface area (Å²) >= 11 is 1.13. The van der Waals surface area contributed by atoms with Crippen LogP contribution >= 0.6 is 11.8 Å². The molecule has 0 aliphatic rings. The van der Waals surface area contributed by atoms with Crippen molar-refractivity contribution in [2.75, 3.05) is 18.2 Å². The van der Waals surface area contributed by atoms with Crippen molar-refractivity contribution in [1.82, 2.24) is 10.2 Å². The predicted molar refractivity (Wildman–Crippen MR) is 122 cm³/mol. The monoisotopic (exact) mass is 445 g/mol. The molecule has 1 heterocycles. The first-order chi connectivity index (χ1) is 15.6. The first kappa shape index (κ1) is 21.3. The fourth-order valence-corrected chi connectivity index (χ4v) is 3.50. The molecule has 8 heteroatoms. The van der Waals surface area contributed by atoms with Gasteiger partial charge in [0.2, 0.25) is 11.8 Å². The summed E-state index contributed by atoms with van der Waals surface area (Å²) in [7, 11) is 1.60. The molecule has 0 fully saturated rings. The molecular weight excluding hydrogens is 426 g/mol. The van der Waals surface area contributed by atoms with Crippen LogP contribution < -0.4 is 10.1 Å². The van der Waals surface area contributed by atoms with Crippen LogP contribution in [0.15, 0.2) is 88.5 Å². The zero-order chi connectivity index (χ0) is 22.3. The van der Waals surface area contributed by atoms with E-state index in [4.69, 9.17) is 9.15 Å². The van der Waals surface area contributed by atoms with Crippen LogP contribution in [0, 0.1) is 0 Å². The van der Waals surface area contributed by atoms with Gasteiger partial charge in [0.15, 0.2) is 5.78 Å². The third kappa shape index (κ3) is 5.22. The molecule has 1 N–H and O–H groups in total. The van der Waals surface area contributed by atoms with Crippen LogP contribution in [0.3, 0.4) is 0 Å². The smallest absolute Gasteiger partial charge is 0.277 e. The first-order valence-corrected chi connectivity index (χ1v) is 10.7. The minimum absolute atomic E-state index is 0.0844. The Labute approximate surface area is 188 Å². The van der Waals surface area contributed by atoms with E-state index in [1.807, 2.05) is 30.3 Å². The predicted octanol–water partition coefficient (Wildman–Crippen LogP) is 4.71. The second kappa shape index (κ2) is 9.93. The van der Waals surface area contributed by atoms with Crippen LogP contribution in [0.1, 0.15) is 15.9 Å². The third-order valence-electron chi connectivity index (χ3n) is 4.51. The summed E-state index contributed by atoms with van der Waals surface area (Å²) in [5, 5.41) is 11.1. The molecule has 0 unspecified atom stereocenters. The number of amides is 1. The van der Waals surface area contributed by atoms with Crippen molar-refractivity contribution >= 4 is 29.1 Å². The van der Waals surface area contributed by atoms with Crippen molar-refractivity contribution in [1.29, 1.82) is 0 Å². The topological polar surface area (TPSA) is 94.3 Å². The van der Waals surface area contributed by atoms with E-state index in [-0.39, 0.29) is 17.4 Å². The molecule has 160 valence electrons. The molecule has 32 heavy (non-hydrogen) atoms. The van der Waals surface area contributed by atoms with E-state index in [9.17, 15) is 9.59 Å². The molecule has 0 atom stereocenters. The second-order valence-corrected chi connectivity index (χ2v) is 7.64. The number of nitrogens with one attached hydrogen (secondary N) is 1. The average molecular weight is 446 g/mol. The number of carbonyl (C=O) groups is 2. The van der Waals surface area contributed by atoms with Crippen LogP contribution in [-0.2, 0) is 4.79 Å². The SMILES string of the molecule is COc1ccc(-c2nnc(SCC(=O)Nc3cccc(C(=O)c4ccccc4)c3)o2)cc1. The van der Waals surface area contributed by atoms with Gasteiger partial charge >= 0.3 is 0 Å². The van der Waals surface area contributed by atoms with E-state index in [2.05, 4.69) is 15.5 Å². The molecule has 1 aromatic heterocycles. The molecule has 0 spiro atoms. The van der Waals surface area contributed by atoms with Crippen molar-refractivity contribution in [3.8, 4) is 17.2 Å². The Morgan fingerprint density at radius 3 is 2.44 bits per heavy atom. The van der Waals surface area contributed by atoms with Gasteiger partial charge < -0.3 is 14.5 Å². The van der Waals surface area contributed by atoms with Gasteiger partial charge in [-0.25, -0.2) is 0 Å². The Morgan fingerprint density at radius 2 is 1.69 bits per heavy atom. The lowest BCUT2D eigenvalue weighted by Crippen LogP contribution is -2.14. The fourth-order valence-electron chi connectivity index (χ4n) is 2.94. The number of anilines is 1. The number of thioether (sulfide) groups is 1. The molecule has 0 saturated carbocycles. The van der Waals surface area contributed by atoms with Gasteiger partial charge in [-0.05, 0) is 36.4 Å². The fraction of sp³-hybridized carbons (Fsp3) is 0.0833. The summed E-state index contributed by atoms with van der Waals surface area (Å²) < 4.78 is 10.8. The number of aromatic nitrogens is 2. The van der Waals surface area contributed by atoms with Crippen molar-refractivity contribution in [3.05, 3.63) is 90.0 Å². The average Bonchev–Trinajstić information content (AvgIpc) is 3.32. The zero-order valence-electron chi connectivity index (χ0n) is 17.1. The molecule has 3 aromatic carbocycles. The first-order valence-electron chi connectivity index (χ1n) is 9.73. The van der Waals surface area contributed by atoms with Crippen LogP contribution in [0.4, 0.5) is 5.69 Å². The molecule has 0 saturated heterocycles. The van der Waals surface area contributed by atoms with Crippen molar-refractivity contribution in [2.45, 2.75) is 5.22 Å². The van der Waals surface area contributed by atoms with Crippen LogP contribution in [0.2, 0.25) is 0 Å². The van der Waals surface area contributed by atoms with E-state index in [1.54, 1.807) is 55.6 Å². The Bertz CT molecular complexity index is 1220. The molecule has 0 aliphatic heterocycles. The Kier molecular flexibility index (Phi) is 6.62. The highest BCUT2D eigenvalue weighted by atomic mass is 32.2. The Balaban J connectivity index is 1.34. The Hall–Kier alpha value is -3.91. The zero-order valence-corrected chi connectivity index (χ0v) is 18.0. The number of carbonyl (C=O) groups excluding carboxylic acids is 2. The van der Waals surface area contributed by atoms with E-state index in [1.165, 1.54) is 0 Å². The number of hydrogen-bond donors (Lipinski definition) is 1. The summed E-state index contributed by atoms with van der Waals surface area (Å²) in [5.74, 6) is 0.828. The molecule has 0 aliphatic carbocycles. The van der Waals surface area contributed by atoms with Gasteiger partial charge in [-0.15, -0.1) is 10.2 Å². The highest BCUT2D eigenvalue weighted by molar-refractivity contribution is 7.99.